The molecule has 4 nitrogen and oxygen atoms in total. The third kappa shape index (κ3) is 3.95. The fraction of sp³-hybridized carbons (Fsp3) is 0.222. The van der Waals surface area contributed by atoms with Gasteiger partial charge >= 0.3 is 0 Å². The van der Waals surface area contributed by atoms with Crippen LogP contribution >= 0.6 is 0 Å². The van der Waals surface area contributed by atoms with Gasteiger partial charge in [-0.2, -0.15) is 0 Å². The molecule has 114 valence electrons. The maximum Gasteiger partial charge on any atom is 0.269 e. The zero-order valence-corrected chi connectivity index (χ0v) is 13.0. The van der Waals surface area contributed by atoms with Crippen LogP contribution in [0.2, 0.25) is 0 Å². The highest BCUT2D eigenvalue weighted by Crippen LogP contribution is 2.14. The van der Waals surface area contributed by atoms with E-state index >= 15 is 0 Å². The second-order valence-corrected chi connectivity index (χ2v) is 5.55. The van der Waals surface area contributed by atoms with E-state index < -0.39 is 0 Å². The van der Waals surface area contributed by atoms with Crippen LogP contribution in [-0.4, -0.2) is 11.8 Å². The molecule has 2 aromatic carbocycles. The Balaban J connectivity index is 1.94. The van der Waals surface area contributed by atoms with E-state index in [4.69, 9.17) is 0 Å². The molecule has 2 amide bonds. The zero-order chi connectivity index (χ0) is 16.1. The van der Waals surface area contributed by atoms with Crippen molar-refractivity contribution in [2.75, 3.05) is 0 Å². The van der Waals surface area contributed by atoms with Crippen LogP contribution in [0.3, 0.4) is 0 Å². The van der Waals surface area contributed by atoms with E-state index in [9.17, 15) is 9.59 Å². The lowest BCUT2D eigenvalue weighted by Gasteiger charge is -2.09. The molecule has 2 rings (SSSR count). The highest BCUT2D eigenvalue weighted by atomic mass is 16.2. The first-order valence-corrected chi connectivity index (χ1v) is 7.24. The Morgan fingerprint density at radius 2 is 1.18 bits per heavy atom. The molecular weight excluding hydrogens is 276 g/mol. The summed E-state index contributed by atoms with van der Waals surface area (Å²) in [7, 11) is 0. The summed E-state index contributed by atoms with van der Waals surface area (Å²) in [6, 6.07) is 14.5. The summed E-state index contributed by atoms with van der Waals surface area (Å²) in [6.45, 7) is 6.14. The van der Waals surface area contributed by atoms with Gasteiger partial charge in [-0.1, -0.05) is 43.7 Å². The molecule has 4 heteroatoms. The number of carbonyl (C=O) groups excluding carboxylic acids is 2. The van der Waals surface area contributed by atoms with Gasteiger partial charge in [-0.25, -0.2) is 0 Å². The Hall–Kier alpha value is -2.62. The molecule has 0 saturated carbocycles. The summed E-state index contributed by atoms with van der Waals surface area (Å²) in [5.41, 5.74) is 8.09. The van der Waals surface area contributed by atoms with Crippen molar-refractivity contribution in [2.45, 2.75) is 26.7 Å². The number of hydrogen-bond acceptors (Lipinski definition) is 2. The minimum atomic E-state index is -0.341. The van der Waals surface area contributed by atoms with E-state index in [2.05, 4.69) is 24.7 Å². The number of aryl methyl sites for hydroxylation is 1. The second-order valence-electron chi connectivity index (χ2n) is 5.55. The van der Waals surface area contributed by atoms with Crippen LogP contribution in [-0.2, 0) is 0 Å². The lowest BCUT2D eigenvalue weighted by Crippen LogP contribution is -2.41. The second kappa shape index (κ2) is 6.89. The molecule has 0 unspecified atom stereocenters. The van der Waals surface area contributed by atoms with Crippen LogP contribution < -0.4 is 10.9 Å². The van der Waals surface area contributed by atoms with Gasteiger partial charge in [-0.05, 0) is 42.7 Å². The molecule has 2 N–H and O–H groups in total. The van der Waals surface area contributed by atoms with E-state index in [1.54, 1.807) is 24.3 Å². The fourth-order valence-electron chi connectivity index (χ4n) is 1.98. The summed E-state index contributed by atoms with van der Waals surface area (Å²) in [4.78, 5) is 23.9. The van der Waals surface area contributed by atoms with Gasteiger partial charge in [0, 0.05) is 11.1 Å². The number of benzene rings is 2. The van der Waals surface area contributed by atoms with Crippen LogP contribution in [0.25, 0.3) is 0 Å². The van der Waals surface area contributed by atoms with E-state index in [1.165, 1.54) is 5.56 Å². The summed E-state index contributed by atoms with van der Waals surface area (Å²) in [6.07, 6.45) is 0. The van der Waals surface area contributed by atoms with E-state index in [1.807, 2.05) is 31.2 Å². The van der Waals surface area contributed by atoms with E-state index in [-0.39, 0.29) is 11.8 Å². The Labute approximate surface area is 130 Å². The van der Waals surface area contributed by atoms with E-state index in [0.29, 0.717) is 17.0 Å². The van der Waals surface area contributed by atoms with Gasteiger partial charge in [0.2, 0.25) is 0 Å². The first-order valence-electron chi connectivity index (χ1n) is 7.24. The molecular formula is C18H20N2O2. The predicted octanol–water partition coefficient (Wildman–Crippen LogP) is 3.19. The average Bonchev–Trinajstić information content (AvgIpc) is 2.53. The van der Waals surface area contributed by atoms with Crippen molar-refractivity contribution in [3.8, 4) is 0 Å². The minimum absolute atomic E-state index is 0.337. The molecule has 0 aromatic heterocycles. The van der Waals surface area contributed by atoms with Crippen molar-refractivity contribution in [2.24, 2.45) is 0 Å². The summed E-state index contributed by atoms with van der Waals surface area (Å²) in [5, 5.41) is 0. The molecule has 0 fully saturated rings. The van der Waals surface area contributed by atoms with Crippen molar-refractivity contribution in [3.63, 3.8) is 0 Å². The summed E-state index contributed by atoms with van der Waals surface area (Å²) < 4.78 is 0. The number of nitrogens with one attached hydrogen (secondary N) is 2. The summed E-state index contributed by atoms with van der Waals surface area (Å²) >= 11 is 0. The van der Waals surface area contributed by atoms with Gasteiger partial charge in [0.1, 0.15) is 0 Å². The van der Waals surface area contributed by atoms with Gasteiger partial charge in [-0.3, -0.25) is 20.4 Å². The quantitative estimate of drug-likeness (QED) is 0.855. The lowest BCUT2D eigenvalue weighted by atomic mass is 10.0. The van der Waals surface area contributed by atoms with Crippen LogP contribution in [0.1, 0.15) is 51.6 Å². The van der Waals surface area contributed by atoms with Crippen molar-refractivity contribution >= 4 is 11.8 Å². The molecule has 0 heterocycles. The van der Waals surface area contributed by atoms with Crippen molar-refractivity contribution in [3.05, 3.63) is 70.8 Å². The molecule has 0 aliphatic heterocycles. The third-order valence-corrected chi connectivity index (χ3v) is 3.44. The fourth-order valence-corrected chi connectivity index (χ4v) is 1.98. The lowest BCUT2D eigenvalue weighted by molar-refractivity contribution is 0.0846. The van der Waals surface area contributed by atoms with Crippen LogP contribution in [0.15, 0.2) is 48.5 Å². The Kier molecular flexibility index (Phi) is 4.94. The molecule has 0 radical (unpaired) electrons. The number of carbonyl (C=O) groups is 2. The largest absolute Gasteiger partial charge is 0.269 e. The predicted molar refractivity (Wildman–Crippen MR) is 86.6 cm³/mol. The number of rotatable bonds is 3. The maximum absolute atomic E-state index is 12.0. The third-order valence-electron chi connectivity index (χ3n) is 3.44. The Morgan fingerprint density at radius 1 is 0.773 bits per heavy atom. The highest BCUT2D eigenvalue weighted by molar-refractivity contribution is 5.99. The normalized spacial score (nSPS) is 10.4. The van der Waals surface area contributed by atoms with Crippen molar-refractivity contribution < 1.29 is 9.59 Å². The molecule has 0 saturated heterocycles. The SMILES string of the molecule is Cc1ccc(C(=O)NNC(=O)c2ccc(C(C)C)cc2)cc1. The average molecular weight is 296 g/mol. The van der Waals surface area contributed by atoms with Crippen LogP contribution in [0, 0.1) is 6.92 Å². The topological polar surface area (TPSA) is 58.2 Å². The highest BCUT2D eigenvalue weighted by Gasteiger charge is 2.09. The van der Waals surface area contributed by atoms with Gasteiger partial charge in [0.05, 0.1) is 0 Å². The minimum Gasteiger partial charge on any atom is -0.267 e. The van der Waals surface area contributed by atoms with Gasteiger partial charge in [0.15, 0.2) is 0 Å². The molecule has 0 aliphatic carbocycles. The number of hydrogen-bond donors (Lipinski definition) is 2. The molecule has 0 aliphatic rings. The molecule has 0 bridgehead atoms. The maximum atomic E-state index is 12.0. The number of amides is 2. The zero-order valence-electron chi connectivity index (χ0n) is 13.0. The molecule has 22 heavy (non-hydrogen) atoms. The molecule has 0 spiro atoms. The Bertz CT molecular complexity index is 658. The first kappa shape index (κ1) is 15.8. The van der Waals surface area contributed by atoms with E-state index in [0.717, 1.165) is 5.56 Å². The van der Waals surface area contributed by atoms with Crippen LogP contribution in [0.5, 0.6) is 0 Å². The van der Waals surface area contributed by atoms with Gasteiger partial charge in [-0.15, -0.1) is 0 Å². The van der Waals surface area contributed by atoms with Crippen molar-refractivity contribution in [1.29, 1.82) is 0 Å². The monoisotopic (exact) mass is 296 g/mol. The van der Waals surface area contributed by atoms with Crippen molar-refractivity contribution in [1.82, 2.24) is 10.9 Å². The molecule has 2 aromatic rings. The molecule has 0 atom stereocenters. The van der Waals surface area contributed by atoms with Crippen LogP contribution in [0.4, 0.5) is 0 Å². The van der Waals surface area contributed by atoms with Gasteiger partial charge in [0.25, 0.3) is 11.8 Å². The summed E-state index contributed by atoms with van der Waals surface area (Å²) in [5.74, 6) is -0.263. The van der Waals surface area contributed by atoms with Gasteiger partial charge < -0.3 is 0 Å². The first-order chi connectivity index (χ1) is 10.5. The smallest absolute Gasteiger partial charge is 0.267 e. The standard InChI is InChI=1S/C18H20N2O2/c1-12(2)14-8-10-16(11-9-14)18(22)20-19-17(21)15-6-4-13(3)5-7-15/h4-12H,1-3H3,(H,19,21)(H,20,22). The Morgan fingerprint density at radius 3 is 1.59 bits per heavy atom. The number of hydrazine groups is 1.